The molecule has 0 heterocycles. The van der Waals surface area contributed by atoms with Crippen molar-refractivity contribution in [2.75, 3.05) is 6.61 Å². The summed E-state index contributed by atoms with van der Waals surface area (Å²) in [5.74, 6) is -0.129. The second-order valence-corrected chi connectivity index (χ2v) is 5.84. The molecular formula is C16H20F3NO3. The largest absolute Gasteiger partial charge is 0.573 e. The second kappa shape index (κ2) is 7.68. The lowest BCUT2D eigenvalue weighted by atomic mass is 9.86. The molecule has 0 atom stereocenters. The molecule has 1 aliphatic rings. The number of carbonyl (C=O) groups excluding carboxylic acids is 1. The van der Waals surface area contributed by atoms with Gasteiger partial charge in [-0.3, -0.25) is 4.79 Å². The maximum atomic E-state index is 12.1. The fourth-order valence-electron chi connectivity index (χ4n) is 2.76. The van der Waals surface area contributed by atoms with Crippen LogP contribution in [0.25, 0.3) is 0 Å². The third-order valence-electron chi connectivity index (χ3n) is 3.99. The number of ether oxygens (including phenoxy) is 1. The molecule has 0 spiro atoms. The van der Waals surface area contributed by atoms with Crippen molar-refractivity contribution in [2.24, 2.45) is 5.92 Å². The van der Waals surface area contributed by atoms with Gasteiger partial charge in [0.05, 0.1) is 6.42 Å². The monoisotopic (exact) mass is 331 g/mol. The van der Waals surface area contributed by atoms with Gasteiger partial charge in [-0.05, 0) is 49.3 Å². The Labute approximate surface area is 132 Å². The normalized spacial score (nSPS) is 21.7. The van der Waals surface area contributed by atoms with E-state index >= 15 is 0 Å². The molecule has 128 valence electrons. The van der Waals surface area contributed by atoms with E-state index in [0.29, 0.717) is 11.5 Å². The van der Waals surface area contributed by atoms with E-state index in [1.54, 1.807) is 0 Å². The Hall–Kier alpha value is -1.76. The highest BCUT2D eigenvalue weighted by atomic mass is 19.4. The molecular weight excluding hydrogens is 311 g/mol. The molecule has 1 aromatic carbocycles. The zero-order valence-corrected chi connectivity index (χ0v) is 12.6. The number of rotatable bonds is 5. The van der Waals surface area contributed by atoms with Crippen molar-refractivity contribution in [1.29, 1.82) is 0 Å². The minimum atomic E-state index is -4.72. The molecule has 4 nitrogen and oxygen atoms in total. The van der Waals surface area contributed by atoms with Gasteiger partial charge in [0.2, 0.25) is 5.91 Å². The van der Waals surface area contributed by atoms with Crippen LogP contribution in [0.1, 0.15) is 31.2 Å². The van der Waals surface area contributed by atoms with Gasteiger partial charge in [-0.15, -0.1) is 13.2 Å². The summed E-state index contributed by atoms with van der Waals surface area (Å²) in [4.78, 5) is 12.0. The van der Waals surface area contributed by atoms with Crippen LogP contribution in [0.2, 0.25) is 0 Å². The number of nitrogens with one attached hydrogen (secondary N) is 1. The molecule has 2 rings (SSSR count). The smallest absolute Gasteiger partial charge is 0.406 e. The summed E-state index contributed by atoms with van der Waals surface area (Å²) in [5.41, 5.74) is 0.626. The predicted molar refractivity (Wildman–Crippen MR) is 77.8 cm³/mol. The number of halogens is 3. The van der Waals surface area contributed by atoms with Crippen LogP contribution >= 0.6 is 0 Å². The van der Waals surface area contributed by atoms with E-state index in [0.717, 1.165) is 25.7 Å². The van der Waals surface area contributed by atoms with Crippen molar-refractivity contribution in [3.05, 3.63) is 29.8 Å². The van der Waals surface area contributed by atoms with Crippen molar-refractivity contribution in [1.82, 2.24) is 5.32 Å². The standard InChI is InChI=1S/C16H20F3NO3/c17-16(18,19)23-14-7-3-11(4-8-14)9-15(22)20-13-5-1-12(10-21)2-6-13/h3-4,7-8,12-13,21H,1-2,5-6,9-10H2,(H,20,22). The first kappa shape index (κ1) is 17.6. The van der Waals surface area contributed by atoms with Gasteiger partial charge in [-0.25, -0.2) is 0 Å². The van der Waals surface area contributed by atoms with Gasteiger partial charge in [0.1, 0.15) is 5.75 Å². The first-order valence-electron chi connectivity index (χ1n) is 7.60. The van der Waals surface area contributed by atoms with Crippen molar-refractivity contribution in [3.63, 3.8) is 0 Å². The van der Waals surface area contributed by atoms with Gasteiger partial charge in [0.25, 0.3) is 0 Å². The van der Waals surface area contributed by atoms with E-state index in [2.05, 4.69) is 10.1 Å². The fraction of sp³-hybridized carbons (Fsp3) is 0.562. The Balaban J connectivity index is 1.79. The van der Waals surface area contributed by atoms with Gasteiger partial charge >= 0.3 is 6.36 Å². The maximum Gasteiger partial charge on any atom is 0.573 e. The quantitative estimate of drug-likeness (QED) is 0.872. The van der Waals surface area contributed by atoms with Crippen LogP contribution in [-0.4, -0.2) is 30.0 Å². The summed E-state index contributed by atoms with van der Waals surface area (Å²) in [6.07, 6.45) is -1.13. The van der Waals surface area contributed by atoms with Crippen LogP contribution in [0.15, 0.2) is 24.3 Å². The van der Waals surface area contributed by atoms with Crippen molar-refractivity contribution >= 4 is 5.91 Å². The highest BCUT2D eigenvalue weighted by molar-refractivity contribution is 5.78. The third-order valence-corrected chi connectivity index (χ3v) is 3.99. The number of benzene rings is 1. The highest BCUT2D eigenvalue weighted by Gasteiger charge is 2.31. The molecule has 1 aromatic rings. The number of amides is 1. The molecule has 0 saturated heterocycles. The molecule has 0 unspecified atom stereocenters. The molecule has 1 fully saturated rings. The van der Waals surface area contributed by atoms with E-state index in [-0.39, 0.29) is 30.7 Å². The number of carbonyl (C=O) groups is 1. The summed E-state index contributed by atoms with van der Waals surface area (Å²) < 4.78 is 40.0. The molecule has 0 aromatic heterocycles. The zero-order chi connectivity index (χ0) is 16.9. The Morgan fingerprint density at radius 2 is 1.78 bits per heavy atom. The molecule has 2 N–H and O–H groups in total. The van der Waals surface area contributed by atoms with Crippen molar-refractivity contribution < 1.29 is 27.8 Å². The lowest BCUT2D eigenvalue weighted by Gasteiger charge is -2.28. The van der Waals surface area contributed by atoms with E-state index in [1.165, 1.54) is 24.3 Å². The molecule has 7 heteroatoms. The number of hydrogen-bond donors (Lipinski definition) is 2. The number of aliphatic hydroxyl groups excluding tert-OH is 1. The number of aliphatic hydroxyl groups is 1. The highest BCUT2D eigenvalue weighted by Crippen LogP contribution is 2.24. The number of hydrogen-bond acceptors (Lipinski definition) is 3. The summed E-state index contributed by atoms with van der Waals surface area (Å²) in [7, 11) is 0. The van der Waals surface area contributed by atoms with Crippen LogP contribution < -0.4 is 10.1 Å². The van der Waals surface area contributed by atoms with Crippen LogP contribution in [0.3, 0.4) is 0 Å². The van der Waals surface area contributed by atoms with Crippen LogP contribution in [0.5, 0.6) is 5.75 Å². The minimum Gasteiger partial charge on any atom is -0.406 e. The third kappa shape index (κ3) is 6.09. The average Bonchev–Trinajstić information content (AvgIpc) is 2.48. The van der Waals surface area contributed by atoms with E-state index in [9.17, 15) is 18.0 Å². The van der Waals surface area contributed by atoms with E-state index in [4.69, 9.17) is 5.11 Å². The van der Waals surface area contributed by atoms with Gasteiger partial charge in [0.15, 0.2) is 0 Å². The van der Waals surface area contributed by atoms with Crippen LogP contribution in [-0.2, 0) is 11.2 Å². The molecule has 0 radical (unpaired) electrons. The van der Waals surface area contributed by atoms with Gasteiger partial charge in [0, 0.05) is 12.6 Å². The summed E-state index contributed by atoms with van der Waals surface area (Å²) in [6, 6.07) is 5.40. The Morgan fingerprint density at radius 1 is 1.17 bits per heavy atom. The fourth-order valence-corrected chi connectivity index (χ4v) is 2.76. The van der Waals surface area contributed by atoms with Crippen LogP contribution in [0.4, 0.5) is 13.2 Å². The van der Waals surface area contributed by atoms with Crippen molar-refractivity contribution in [2.45, 2.75) is 44.5 Å². The summed E-state index contributed by atoms with van der Waals surface area (Å²) in [6.45, 7) is 0.188. The minimum absolute atomic E-state index is 0.109. The molecule has 1 amide bonds. The first-order valence-corrected chi connectivity index (χ1v) is 7.60. The molecule has 0 bridgehead atoms. The van der Waals surface area contributed by atoms with E-state index in [1.807, 2.05) is 0 Å². The summed E-state index contributed by atoms with van der Waals surface area (Å²) in [5, 5.41) is 12.0. The molecule has 0 aliphatic heterocycles. The maximum absolute atomic E-state index is 12.1. The van der Waals surface area contributed by atoms with E-state index < -0.39 is 6.36 Å². The Morgan fingerprint density at radius 3 is 2.30 bits per heavy atom. The van der Waals surface area contributed by atoms with Crippen molar-refractivity contribution in [3.8, 4) is 5.75 Å². The lowest BCUT2D eigenvalue weighted by Crippen LogP contribution is -2.38. The Kier molecular flexibility index (Phi) is 5.87. The SMILES string of the molecule is O=C(Cc1ccc(OC(F)(F)F)cc1)NC1CCC(CO)CC1. The first-order chi connectivity index (χ1) is 10.9. The van der Waals surface area contributed by atoms with Crippen LogP contribution in [0, 0.1) is 5.92 Å². The zero-order valence-electron chi connectivity index (χ0n) is 12.6. The average molecular weight is 331 g/mol. The molecule has 1 aliphatic carbocycles. The van der Waals surface area contributed by atoms with Gasteiger partial charge < -0.3 is 15.2 Å². The predicted octanol–water partition coefficient (Wildman–Crippen LogP) is 2.80. The van der Waals surface area contributed by atoms with Gasteiger partial charge in [-0.1, -0.05) is 12.1 Å². The molecule has 1 saturated carbocycles. The Bertz CT molecular complexity index is 508. The topological polar surface area (TPSA) is 58.6 Å². The van der Waals surface area contributed by atoms with Gasteiger partial charge in [-0.2, -0.15) is 0 Å². The summed E-state index contributed by atoms with van der Waals surface area (Å²) >= 11 is 0. The lowest BCUT2D eigenvalue weighted by molar-refractivity contribution is -0.274. The number of alkyl halides is 3. The second-order valence-electron chi connectivity index (χ2n) is 5.84. The molecule has 23 heavy (non-hydrogen) atoms.